The third-order valence-corrected chi connectivity index (χ3v) is 5.93. The summed E-state index contributed by atoms with van der Waals surface area (Å²) in [5.41, 5.74) is 3.31. The highest BCUT2D eigenvalue weighted by atomic mass is 35.5. The average molecular weight is 449 g/mol. The summed E-state index contributed by atoms with van der Waals surface area (Å²) in [6.45, 7) is 4.75. The van der Waals surface area contributed by atoms with E-state index in [1.165, 1.54) is 24.3 Å². The Balaban J connectivity index is 1.83. The zero-order valence-corrected chi connectivity index (χ0v) is 18.6. The summed E-state index contributed by atoms with van der Waals surface area (Å²) in [6, 6.07) is 20.5. The number of carbonyl (C=O) groups excluding carboxylic acids is 2. The summed E-state index contributed by atoms with van der Waals surface area (Å²) >= 11 is 6.28. The maximum absolute atomic E-state index is 13.6. The molecular weight excluding hydrogens is 427 g/mol. The molecule has 0 bridgehead atoms. The predicted molar refractivity (Wildman–Crippen MR) is 125 cm³/mol. The zero-order valence-electron chi connectivity index (χ0n) is 17.8. The van der Waals surface area contributed by atoms with Gasteiger partial charge in [0, 0.05) is 18.1 Å². The minimum Gasteiger partial charge on any atom is -0.362 e. The van der Waals surface area contributed by atoms with E-state index >= 15 is 0 Å². The Labute approximate surface area is 191 Å². The molecule has 0 aliphatic carbocycles. The Hall–Kier alpha value is -3.44. The molecule has 1 aliphatic rings. The number of hydrogen-bond donors (Lipinski definition) is 0. The lowest BCUT2D eigenvalue weighted by molar-refractivity contribution is -0.120. The van der Waals surface area contributed by atoms with Gasteiger partial charge in [-0.05, 0) is 54.8 Å². The molecule has 0 aromatic heterocycles. The zero-order chi connectivity index (χ0) is 22.8. The van der Waals surface area contributed by atoms with E-state index in [4.69, 9.17) is 11.6 Å². The van der Waals surface area contributed by atoms with Gasteiger partial charge in [0.15, 0.2) is 0 Å². The lowest BCUT2D eigenvalue weighted by Gasteiger charge is -2.25. The second-order valence-electron chi connectivity index (χ2n) is 7.61. The summed E-state index contributed by atoms with van der Waals surface area (Å²) in [5.74, 6) is -1.29. The summed E-state index contributed by atoms with van der Waals surface area (Å²) in [6.07, 6.45) is 0. The summed E-state index contributed by atoms with van der Waals surface area (Å²) in [4.78, 5) is 30.2. The van der Waals surface area contributed by atoms with Crippen LogP contribution in [-0.2, 0) is 16.1 Å². The Bertz CT molecular complexity index is 1210. The minimum absolute atomic E-state index is 0.254. The summed E-state index contributed by atoms with van der Waals surface area (Å²) < 4.78 is 13.6. The Morgan fingerprint density at radius 2 is 1.62 bits per heavy atom. The molecule has 0 saturated carbocycles. The maximum atomic E-state index is 13.6. The van der Waals surface area contributed by atoms with E-state index in [9.17, 15) is 14.0 Å². The highest BCUT2D eigenvalue weighted by Gasteiger charge is 2.42. The number of imide groups is 1. The van der Waals surface area contributed by atoms with Crippen LogP contribution in [0.25, 0.3) is 5.57 Å². The molecule has 3 aromatic rings. The molecule has 32 heavy (non-hydrogen) atoms. The van der Waals surface area contributed by atoms with Crippen LogP contribution in [0.3, 0.4) is 0 Å². The fourth-order valence-electron chi connectivity index (χ4n) is 3.80. The van der Waals surface area contributed by atoms with Gasteiger partial charge in [0.1, 0.15) is 11.5 Å². The van der Waals surface area contributed by atoms with Gasteiger partial charge in [0.25, 0.3) is 11.8 Å². The van der Waals surface area contributed by atoms with Crippen molar-refractivity contribution in [2.24, 2.45) is 0 Å². The number of nitrogens with zero attached hydrogens (tertiary/aromatic N) is 2. The van der Waals surface area contributed by atoms with Crippen molar-refractivity contribution in [2.75, 3.05) is 11.4 Å². The first-order chi connectivity index (χ1) is 15.4. The van der Waals surface area contributed by atoms with Crippen molar-refractivity contribution >= 4 is 34.7 Å². The van der Waals surface area contributed by atoms with Crippen LogP contribution in [0.15, 0.2) is 78.5 Å². The lowest BCUT2D eigenvalue weighted by atomic mass is 10.0. The van der Waals surface area contributed by atoms with Gasteiger partial charge in [-0.25, -0.2) is 9.29 Å². The molecule has 0 atom stereocenters. The third kappa shape index (κ3) is 4.04. The van der Waals surface area contributed by atoms with Gasteiger partial charge in [0.2, 0.25) is 0 Å². The second kappa shape index (κ2) is 8.97. The maximum Gasteiger partial charge on any atom is 0.282 e. The Morgan fingerprint density at radius 3 is 2.25 bits per heavy atom. The fraction of sp³-hybridized carbons (Fsp3) is 0.154. The third-order valence-electron chi connectivity index (χ3n) is 5.52. The SMILES string of the molecule is CCN(Cc1ccccc1)C1=C(c2ccc(F)cc2)C(=O)N(c2ccc(C)c(Cl)c2)C1=O. The molecule has 162 valence electrons. The van der Waals surface area contributed by atoms with Crippen LogP contribution in [0.4, 0.5) is 10.1 Å². The molecule has 0 saturated heterocycles. The molecule has 4 nitrogen and oxygen atoms in total. The number of rotatable bonds is 6. The van der Waals surface area contributed by atoms with Crippen LogP contribution >= 0.6 is 11.6 Å². The number of likely N-dealkylation sites (N-methyl/N-ethyl adjacent to an activating group) is 1. The molecular formula is C26H22ClFN2O2. The Morgan fingerprint density at radius 1 is 0.938 bits per heavy atom. The van der Waals surface area contributed by atoms with E-state index in [-0.39, 0.29) is 5.57 Å². The molecule has 3 aromatic carbocycles. The standard InChI is InChI=1S/C26H22ClFN2O2/c1-3-29(16-18-7-5-4-6-8-18)24-23(19-10-12-20(28)13-11-19)25(31)30(26(24)32)21-14-9-17(2)22(27)15-21/h4-15H,3,16H2,1-2H3. The van der Waals surface area contributed by atoms with Gasteiger partial charge in [-0.1, -0.05) is 60.1 Å². The highest BCUT2D eigenvalue weighted by Crippen LogP contribution is 2.36. The number of carbonyl (C=O) groups is 2. The van der Waals surface area contributed by atoms with E-state index in [1.54, 1.807) is 18.2 Å². The number of benzene rings is 3. The summed E-state index contributed by atoms with van der Waals surface area (Å²) in [5, 5.41) is 0.469. The first-order valence-corrected chi connectivity index (χ1v) is 10.7. The average Bonchev–Trinajstić information content (AvgIpc) is 3.05. The first-order valence-electron chi connectivity index (χ1n) is 10.3. The van der Waals surface area contributed by atoms with Crippen molar-refractivity contribution in [1.29, 1.82) is 0 Å². The molecule has 1 heterocycles. The van der Waals surface area contributed by atoms with Crippen LogP contribution in [0.1, 0.15) is 23.6 Å². The molecule has 0 N–H and O–H groups in total. The van der Waals surface area contributed by atoms with Crippen molar-refractivity contribution in [3.63, 3.8) is 0 Å². The predicted octanol–water partition coefficient (Wildman–Crippen LogP) is 5.59. The van der Waals surface area contributed by atoms with Crippen LogP contribution in [0, 0.1) is 12.7 Å². The molecule has 0 radical (unpaired) electrons. The van der Waals surface area contributed by atoms with Crippen LogP contribution in [0.5, 0.6) is 0 Å². The van der Waals surface area contributed by atoms with Gasteiger partial charge in [0.05, 0.1) is 11.3 Å². The van der Waals surface area contributed by atoms with Crippen LogP contribution in [0.2, 0.25) is 5.02 Å². The number of anilines is 1. The quantitative estimate of drug-likeness (QED) is 0.461. The highest BCUT2D eigenvalue weighted by molar-refractivity contribution is 6.45. The van der Waals surface area contributed by atoms with Gasteiger partial charge in [-0.15, -0.1) is 0 Å². The fourth-order valence-corrected chi connectivity index (χ4v) is 3.97. The molecule has 2 amide bonds. The van der Waals surface area contributed by atoms with E-state index in [1.807, 2.05) is 49.1 Å². The van der Waals surface area contributed by atoms with E-state index in [0.717, 1.165) is 16.0 Å². The molecule has 4 rings (SSSR count). The van der Waals surface area contributed by atoms with Crippen LogP contribution < -0.4 is 4.90 Å². The van der Waals surface area contributed by atoms with Crippen molar-refractivity contribution in [2.45, 2.75) is 20.4 Å². The monoisotopic (exact) mass is 448 g/mol. The minimum atomic E-state index is -0.456. The molecule has 0 fully saturated rings. The largest absolute Gasteiger partial charge is 0.362 e. The van der Waals surface area contributed by atoms with Crippen molar-refractivity contribution in [3.8, 4) is 0 Å². The van der Waals surface area contributed by atoms with E-state index in [0.29, 0.717) is 35.1 Å². The second-order valence-corrected chi connectivity index (χ2v) is 8.02. The Kier molecular flexibility index (Phi) is 6.10. The van der Waals surface area contributed by atoms with Crippen molar-refractivity contribution in [3.05, 3.63) is 106 Å². The normalized spacial score (nSPS) is 13.8. The van der Waals surface area contributed by atoms with E-state index < -0.39 is 17.6 Å². The van der Waals surface area contributed by atoms with Crippen molar-refractivity contribution in [1.82, 2.24) is 4.90 Å². The first kappa shape index (κ1) is 21.8. The molecule has 6 heteroatoms. The number of hydrogen-bond acceptors (Lipinski definition) is 3. The number of halogens is 2. The molecule has 1 aliphatic heterocycles. The molecule has 0 unspecified atom stereocenters. The van der Waals surface area contributed by atoms with Crippen molar-refractivity contribution < 1.29 is 14.0 Å². The smallest absolute Gasteiger partial charge is 0.282 e. The number of amides is 2. The summed E-state index contributed by atoms with van der Waals surface area (Å²) in [7, 11) is 0. The van der Waals surface area contributed by atoms with Gasteiger partial charge < -0.3 is 4.90 Å². The van der Waals surface area contributed by atoms with E-state index in [2.05, 4.69) is 0 Å². The number of aryl methyl sites for hydroxylation is 1. The van der Waals surface area contributed by atoms with Crippen LogP contribution in [-0.4, -0.2) is 23.3 Å². The van der Waals surface area contributed by atoms with Gasteiger partial charge in [-0.3, -0.25) is 9.59 Å². The topological polar surface area (TPSA) is 40.6 Å². The molecule has 0 spiro atoms. The van der Waals surface area contributed by atoms with Gasteiger partial charge >= 0.3 is 0 Å². The lowest BCUT2D eigenvalue weighted by Crippen LogP contribution is -2.35. The van der Waals surface area contributed by atoms with Gasteiger partial charge in [-0.2, -0.15) is 0 Å².